The van der Waals surface area contributed by atoms with Gasteiger partial charge in [0.1, 0.15) is 18.5 Å². The Morgan fingerprint density at radius 3 is 2.57 bits per heavy atom. The molecular formula is C18H21N5O7. The number of aliphatic imine (C=N–C) groups is 2. The van der Waals surface area contributed by atoms with Gasteiger partial charge in [0.15, 0.2) is 24.3 Å². The first-order valence-electron chi connectivity index (χ1n) is 9.41. The summed E-state index contributed by atoms with van der Waals surface area (Å²) in [6.07, 6.45) is -0.564. The smallest absolute Gasteiger partial charge is 0.303 e. The highest BCUT2D eigenvalue weighted by Gasteiger charge is 2.52. The van der Waals surface area contributed by atoms with Gasteiger partial charge in [-0.2, -0.15) is 5.10 Å². The molecule has 0 bridgehead atoms. The quantitative estimate of drug-likeness (QED) is 0.475. The third-order valence-corrected chi connectivity index (χ3v) is 4.79. The molecule has 0 aliphatic carbocycles. The highest BCUT2D eigenvalue weighted by molar-refractivity contribution is 6.10. The lowest BCUT2D eigenvalue weighted by Gasteiger charge is -2.24. The first-order valence-corrected chi connectivity index (χ1v) is 9.41. The lowest BCUT2D eigenvalue weighted by atomic mass is 10.1. The molecular weight excluding hydrogens is 398 g/mol. The van der Waals surface area contributed by atoms with Gasteiger partial charge in [0.25, 0.3) is 0 Å². The fourth-order valence-corrected chi connectivity index (χ4v) is 3.66. The number of esters is 3. The number of hydrogen-bond donors (Lipinski definition) is 0. The zero-order chi connectivity index (χ0) is 21.4. The second-order valence-corrected chi connectivity index (χ2v) is 6.99. The summed E-state index contributed by atoms with van der Waals surface area (Å²) in [5.74, 6) is -0.474. The van der Waals surface area contributed by atoms with Gasteiger partial charge < -0.3 is 23.8 Å². The van der Waals surface area contributed by atoms with Crippen LogP contribution in [0.4, 0.5) is 5.82 Å². The van der Waals surface area contributed by atoms with Gasteiger partial charge >= 0.3 is 17.9 Å². The Balaban J connectivity index is 1.69. The predicted molar refractivity (Wildman–Crippen MR) is 100 cm³/mol. The van der Waals surface area contributed by atoms with Crippen LogP contribution >= 0.6 is 0 Å². The molecule has 0 spiro atoms. The number of hydrogen-bond acceptors (Lipinski definition) is 11. The van der Waals surface area contributed by atoms with Gasteiger partial charge in [0.2, 0.25) is 0 Å². The van der Waals surface area contributed by atoms with E-state index in [2.05, 4.69) is 15.1 Å². The summed E-state index contributed by atoms with van der Waals surface area (Å²) >= 11 is 0. The van der Waals surface area contributed by atoms with Crippen molar-refractivity contribution in [3.8, 4) is 0 Å². The van der Waals surface area contributed by atoms with Gasteiger partial charge in [-0.25, -0.2) is 9.67 Å². The molecule has 3 aliphatic heterocycles. The summed E-state index contributed by atoms with van der Waals surface area (Å²) < 4.78 is 23.3. The molecule has 0 saturated carbocycles. The minimum Gasteiger partial charge on any atom is -0.463 e. The normalized spacial score (nSPS) is 26.6. The van der Waals surface area contributed by atoms with Crippen molar-refractivity contribution >= 4 is 35.9 Å². The Morgan fingerprint density at radius 1 is 1.13 bits per heavy atom. The lowest BCUT2D eigenvalue weighted by Crippen LogP contribution is -2.40. The molecule has 4 rings (SSSR count). The Hall–Kier alpha value is -3.28. The van der Waals surface area contributed by atoms with E-state index in [1.165, 1.54) is 25.5 Å². The van der Waals surface area contributed by atoms with Crippen LogP contribution in [0, 0.1) is 0 Å². The minimum atomic E-state index is -1.02. The average Bonchev–Trinajstić information content (AvgIpc) is 3.36. The number of fused-ring (bicyclic) bond motifs is 3. The zero-order valence-electron chi connectivity index (χ0n) is 16.7. The van der Waals surface area contributed by atoms with Crippen LogP contribution in [0.1, 0.15) is 32.6 Å². The number of aromatic nitrogens is 2. The van der Waals surface area contributed by atoms with Crippen LogP contribution < -0.4 is 0 Å². The topological polar surface area (TPSA) is 134 Å². The second kappa shape index (κ2) is 7.86. The van der Waals surface area contributed by atoms with Gasteiger partial charge in [-0.1, -0.05) is 0 Å². The first kappa shape index (κ1) is 20.0. The predicted octanol–water partition coefficient (Wildman–Crippen LogP) is -0.0574. The van der Waals surface area contributed by atoms with E-state index in [4.69, 9.17) is 18.9 Å². The molecule has 160 valence electrons. The molecule has 4 unspecified atom stereocenters. The van der Waals surface area contributed by atoms with Crippen LogP contribution in [0.15, 0.2) is 16.2 Å². The largest absolute Gasteiger partial charge is 0.463 e. The minimum absolute atomic E-state index is 0.186. The third-order valence-electron chi connectivity index (χ3n) is 4.79. The number of nitrogens with zero attached hydrogens (tertiary/aromatic N) is 5. The van der Waals surface area contributed by atoms with Crippen molar-refractivity contribution in [3.63, 3.8) is 0 Å². The summed E-state index contributed by atoms with van der Waals surface area (Å²) in [5.41, 5.74) is 0.715. The molecule has 3 aliphatic rings. The molecule has 1 fully saturated rings. The first-order chi connectivity index (χ1) is 14.3. The molecule has 1 aromatic rings. The molecule has 30 heavy (non-hydrogen) atoms. The van der Waals surface area contributed by atoms with Crippen LogP contribution in [0.2, 0.25) is 0 Å². The maximum Gasteiger partial charge on any atom is 0.303 e. The zero-order valence-corrected chi connectivity index (χ0v) is 16.7. The molecule has 4 heterocycles. The fraction of sp³-hybridized carbons (Fsp3) is 0.556. The number of carbonyl (C=O) groups excluding carboxylic acids is 3. The van der Waals surface area contributed by atoms with Crippen molar-refractivity contribution in [1.82, 2.24) is 14.7 Å². The lowest BCUT2D eigenvalue weighted by molar-refractivity contribution is -0.166. The van der Waals surface area contributed by atoms with E-state index in [0.29, 0.717) is 17.9 Å². The Morgan fingerprint density at radius 2 is 1.87 bits per heavy atom. The summed E-state index contributed by atoms with van der Waals surface area (Å²) in [4.78, 5) is 45.5. The summed E-state index contributed by atoms with van der Waals surface area (Å²) in [6.45, 7) is 4.93. The molecule has 0 aromatic carbocycles. The maximum absolute atomic E-state index is 11.8. The van der Waals surface area contributed by atoms with Crippen LogP contribution in [-0.2, 0) is 33.3 Å². The van der Waals surface area contributed by atoms with Crippen molar-refractivity contribution < 1.29 is 33.3 Å². The molecule has 0 amide bonds. The van der Waals surface area contributed by atoms with Crippen LogP contribution in [0.3, 0.4) is 0 Å². The number of amidine groups is 1. The van der Waals surface area contributed by atoms with Gasteiger partial charge in [-0.05, 0) is 0 Å². The third kappa shape index (κ3) is 3.65. The van der Waals surface area contributed by atoms with Gasteiger partial charge in [-0.3, -0.25) is 19.4 Å². The van der Waals surface area contributed by atoms with Gasteiger partial charge in [-0.15, -0.1) is 0 Å². The van der Waals surface area contributed by atoms with Crippen molar-refractivity contribution in [2.45, 2.75) is 45.3 Å². The standard InChI is InChI=1S/C18H21N5O7/c1-9(24)27-7-13-14(28-10(2)25)15(29-11(3)26)18(30-13)23-17-12(6-21-23)16-19-4-5-22(16)8-20-17/h6,8,13-15,18H,4-5,7H2,1-3H3. The second-order valence-electron chi connectivity index (χ2n) is 6.99. The highest BCUT2D eigenvalue weighted by atomic mass is 16.7. The van der Waals surface area contributed by atoms with E-state index in [0.717, 1.165) is 12.4 Å². The molecule has 1 saturated heterocycles. The van der Waals surface area contributed by atoms with Crippen molar-refractivity contribution in [3.05, 3.63) is 11.8 Å². The van der Waals surface area contributed by atoms with E-state index < -0.39 is 42.4 Å². The molecule has 12 nitrogen and oxygen atoms in total. The summed E-state index contributed by atoms with van der Waals surface area (Å²) in [5, 5.41) is 4.37. The molecule has 0 N–H and O–H groups in total. The fourth-order valence-electron chi connectivity index (χ4n) is 3.66. The Kier molecular flexibility index (Phi) is 5.24. The van der Waals surface area contributed by atoms with E-state index in [9.17, 15) is 14.4 Å². The van der Waals surface area contributed by atoms with Gasteiger partial charge in [0.05, 0.1) is 24.6 Å². The van der Waals surface area contributed by atoms with Crippen LogP contribution in [0.5, 0.6) is 0 Å². The molecule has 12 heteroatoms. The average molecular weight is 419 g/mol. The van der Waals surface area contributed by atoms with Crippen molar-refractivity contribution in [2.75, 3.05) is 19.7 Å². The molecule has 0 radical (unpaired) electrons. The highest BCUT2D eigenvalue weighted by Crippen LogP contribution is 2.38. The van der Waals surface area contributed by atoms with Crippen LogP contribution in [-0.4, -0.2) is 82.8 Å². The Bertz CT molecular complexity index is 939. The van der Waals surface area contributed by atoms with E-state index in [-0.39, 0.29) is 6.61 Å². The van der Waals surface area contributed by atoms with E-state index in [1.54, 1.807) is 12.5 Å². The maximum atomic E-state index is 11.8. The Labute approximate surface area is 171 Å². The monoisotopic (exact) mass is 419 g/mol. The van der Waals surface area contributed by atoms with Crippen molar-refractivity contribution in [2.24, 2.45) is 9.98 Å². The summed E-state index contributed by atoms with van der Waals surface area (Å²) in [7, 11) is 0. The van der Waals surface area contributed by atoms with E-state index in [1.807, 2.05) is 4.90 Å². The van der Waals surface area contributed by atoms with Gasteiger partial charge in [0, 0.05) is 27.3 Å². The number of rotatable bonds is 5. The van der Waals surface area contributed by atoms with Crippen LogP contribution in [0.25, 0.3) is 0 Å². The van der Waals surface area contributed by atoms with Crippen molar-refractivity contribution in [1.29, 1.82) is 0 Å². The molecule has 1 aromatic heterocycles. The molecule has 4 atom stereocenters. The SMILES string of the molecule is CC(=O)OCC1OC(n2ncc3c2N=CN2CCN=C32)C(OC(C)=O)C1OC(C)=O. The van der Waals surface area contributed by atoms with E-state index >= 15 is 0 Å². The summed E-state index contributed by atoms with van der Waals surface area (Å²) in [6, 6.07) is 0. The number of carbonyl (C=O) groups is 3. The number of ether oxygens (including phenoxy) is 4.